The molecule has 0 aromatic heterocycles. The zero-order valence-electron chi connectivity index (χ0n) is 14.6. The first kappa shape index (κ1) is 16.8. The molecule has 3 atom stereocenters. The lowest BCUT2D eigenvalue weighted by Crippen LogP contribution is -2.54. The molecule has 1 N–H and O–H groups in total. The molecule has 3 unspecified atom stereocenters. The summed E-state index contributed by atoms with van der Waals surface area (Å²) < 4.78 is 0. The number of piperidine rings is 1. The Kier molecular flexibility index (Phi) is 5.07. The zero-order chi connectivity index (χ0) is 17.1. The molecule has 2 aliphatic rings. The van der Waals surface area contributed by atoms with Crippen LogP contribution in [0.1, 0.15) is 45.1 Å². The summed E-state index contributed by atoms with van der Waals surface area (Å²) in [4.78, 5) is 28.7. The SMILES string of the molecule is CC1CCCC(C)N1C(=O)NC1CC(=O)N(Cc2ccccc2)C1. The normalized spacial score (nSPS) is 27.4. The van der Waals surface area contributed by atoms with Crippen molar-refractivity contribution in [3.63, 3.8) is 0 Å². The Morgan fingerprint density at radius 2 is 1.83 bits per heavy atom. The fourth-order valence-corrected chi connectivity index (χ4v) is 3.90. The van der Waals surface area contributed by atoms with Gasteiger partial charge in [0.1, 0.15) is 0 Å². The van der Waals surface area contributed by atoms with E-state index in [4.69, 9.17) is 0 Å². The van der Waals surface area contributed by atoms with Crippen LogP contribution in [-0.4, -0.2) is 46.4 Å². The van der Waals surface area contributed by atoms with E-state index in [0.717, 1.165) is 18.4 Å². The second-order valence-electron chi connectivity index (χ2n) is 7.15. The van der Waals surface area contributed by atoms with Gasteiger partial charge < -0.3 is 15.1 Å². The van der Waals surface area contributed by atoms with Crippen LogP contribution in [0.15, 0.2) is 30.3 Å². The molecule has 0 saturated carbocycles. The van der Waals surface area contributed by atoms with E-state index in [1.54, 1.807) is 0 Å². The van der Waals surface area contributed by atoms with Crippen molar-refractivity contribution in [2.45, 2.75) is 64.2 Å². The van der Waals surface area contributed by atoms with E-state index < -0.39 is 0 Å². The summed E-state index contributed by atoms with van der Waals surface area (Å²) >= 11 is 0. The molecule has 2 aliphatic heterocycles. The number of hydrogen-bond donors (Lipinski definition) is 1. The van der Waals surface area contributed by atoms with E-state index in [0.29, 0.717) is 19.5 Å². The summed E-state index contributed by atoms with van der Waals surface area (Å²) in [7, 11) is 0. The lowest BCUT2D eigenvalue weighted by Gasteiger charge is -2.39. The molecule has 5 heteroatoms. The number of rotatable bonds is 3. The average molecular weight is 329 g/mol. The highest BCUT2D eigenvalue weighted by atomic mass is 16.2. The number of amides is 3. The van der Waals surface area contributed by atoms with Gasteiger partial charge in [-0.3, -0.25) is 4.79 Å². The highest BCUT2D eigenvalue weighted by Crippen LogP contribution is 2.23. The van der Waals surface area contributed by atoms with Gasteiger partial charge in [-0.2, -0.15) is 0 Å². The maximum absolute atomic E-state index is 12.6. The Bertz CT molecular complexity index is 580. The average Bonchev–Trinajstić information content (AvgIpc) is 2.87. The van der Waals surface area contributed by atoms with Crippen molar-refractivity contribution in [3.8, 4) is 0 Å². The van der Waals surface area contributed by atoms with E-state index in [-0.39, 0.29) is 30.1 Å². The lowest BCUT2D eigenvalue weighted by atomic mass is 9.98. The number of likely N-dealkylation sites (tertiary alicyclic amines) is 2. The molecule has 2 fully saturated rings. The van der Waals surface area contributed by atoms with Crippen molar-refractivity contribution in [2.75, 3.05) is 6.54 Å². The van der Waals surface area contributed by atoms with Crippen LogP contribution in [0.2, 0.25) is 0 Å². The maximum atomic E-state index is 12.6. The molecule has 2 heterocycles. The number of carbonyl (C=O) groups is 2. The minimum absolute atomic E-state index is 0.0194. The van der Waals surface area contributed by atoms with Crippen LogP contribution in [0.25, 0.3) is 0 Å². The monoisotopic (exact) mass is 329 g/mol. The first-order chi connectivity index (χ1) is 11.5. The molecule has 3 rings (SSSR count). The fraction of sp³-hybridized carbons (Fsp3) is 0.579. The minimum Gasteiger partial charge on any atom is -0.336 e. The number of hydrogen-bond acceptors (Lipinski definition) is 2. The minimum atomic E-state index is -0.0879. The number of nitrogens with one attached hydrogen (secondary N) is 1. The van der Waals surface area contributed by atoms with Crippen molar-refractivity contribution in [1.29, 1.82) is 0 Å². The van der Waals surface area contributed by atoms with Crippen molar-refractivity contribution in [2.24, 2.45) is 0 Å². The highest BCUT2D eigenvalue weighted by molar-refractivity contribution is 5.82. The van der Waals surface area contributed by atoms with Gasteiger partial charge in [-0.15, -0.1) is 0 Å². The Labute approximate surface area is 144 Å². The van der Waals surface area contributed by atoms with Crippen molar-refractivity contribution < 1.29 is 9.59 Å². The molecule has 130 valence electrons. The van der Waals surface area contributed by atoms with E-state index in [1.807, 2.05) is 40.1 Å². The van der Waals surface area contributed by atoms with Crippen LogP contribution >= 0.6 is 0 Å². The van der Waals surface area contributed by atoms with Crippen molar-refractivity contribution >= 4 is 11.9 Å². The number of nitrogens with zero attached hydrogens (tertiary/aromatic N) is 2. The van der Waals surface area contributed by atoms with Gasteiger partial charge in [0, 0.05) is 31.6 Å². The first-order valence-corrected chi connectivity index (χ1v) is 8.95. The Hall–Kier alpha value is -2.04. The van der Waals surface area contributed by atoms with E-state index >= 15 is 0 Å². The molecule has 0 spiro atoms. The summed E-state index contributed by atoms with van der Waals surface area (Å²) in [6.45, 7) is 5.42. The maximum Gasteiger partial charge on any atom is 0.318 e. The first-order valence-electron chi connectivity index (χ1n) is 8.95. The number of carbonyl (C=O) groups excluding carboxylic acids is 2. The zero-order valence-corrected chi connectivity index (χ0v) is 14.6. The van der Waals surface area contributed by atoms with Gasteiger partial charge in [-0.05, 0) is 38.7 Å². The van der Waals surface area contributed by atoms with E-state index in [9.17, 15) is 9.59 Å². The lowest BCUT2D eigenvalue weighted by molar-refractivity contribution is -0.128. The standard InChI is InChI=1S/C19H27N3O2/c1-14-7-6-8-15(2)22(14)19(24)20-17-11-18(23)21(13-17)12-16-9-4-3-5-10-16/h3-5,9-10,14-15,17H,6-8,11-13H2,1-2H3,(H,20,24). The number of urea groups is 1. The second kappa shape index (κ2) is 7.24. The molecule has 0 aliphatic carbocycles. The van der Waals surface area contributed by atoms with E-state index in [1.165, 1.54) is 6.42 Å². The van der Waals surface area contributed by atoms with Gasteiger partial charge in [0.25, 0.3) is 0 Å². The molecule has 0 radical (unpaired) electrons. The van der Waals surface area contributed by atoms with Gasteiger partial charge >= 0.3 is 6.03 Å². The van der Waals surface area contributed by atoms with Gasteiger partial charge in [0.15, 0.2) is 0 Å². The molecule has 5 nitrogen and oxygen atoms in total. The highest BCUT2D eigenvalue weighted by Gasteiger charge is 2.34. The Morgan fingerprint density at radius 1 is 1.17 bits per heavy atom. The molecule has 1 aromatic rings. The van der Waals surface area contributed by atoms with Crippen molar-refractivity contribution in [3.05, 3.63) is 35.9 Å². The predicted molar refractivity (Wildman–Crippen MR) is 93.4 cm³/mol. The predicted octanol–water partition coefficient (Wildman–Crippen LogP) is 2.76. The van der Waals surface area contributed by atoms with Crippen LogP contribution < -0.4 is 5.32 Å². The molecule has 2 saturated heterocycles. The third kappa shape index (κ3) is 3.71. The Balaban J connectivity index is 1.56. The molecule has 3 amide bonds. The molecular weight excluding hydrogens is 302 g/mol. The van der Waals surface area contributed by atoms with Crippen LogP contribution in [0.3, 0.4) is 0 Å². The largest absolute Gasteiger partial charge is 0.336 e. The summed E-state index contributed by atoms with van der Waals surface area (Å²) in [6.07, 6.45) is 3.69. The topological polar surface area (TPSA) is 52.7 Å². The summed E-state index contributed by atoms with van der Waals surface area (Å²) in [6, 6.07) is 10.4. The fourth-order valence-electron chi connectivity index (χ4n) is 3.90. The second-order valence-corrected chi connectivity index (χ2v) is 7.15. The Morgan fingerprint density at radius 3 is 2.50 bits per heavy atom. The molecule has 24 heavy (non-hydrogen) atoms. The third-order valence-electron chi connectivity index (χ3n) is 5.19. The van der Waals surface area contributed by atoms with Gasteiger partial charge in [0.05, 0.1) is 6.04 Å². The summed E-state index contributed by atoms with van der Waals surface area (Å²) in [5.41, 5.74) is 1.12. The number of benzene rings is 1. The molecular formula is C19H27N3O2. The molecule has 1 aromatic carbocycles. The van der Waals surface area contributed by atoms with Crippen LogP contribution in [0.4, 0.5) is 4.79 Å². The van der Waals surface area contributed by atoms with Crippen LogP contribution in [-0.2, 0) is 11.3 Å². The quantitative estimate of drug-likeness (QED) is 0.927. The van der Waals surface area contributed by atoms with Crippen LogP contribution in [0.5, 0.6) is 0 Å². The van der Waals surface area contributed by atoms with Gasteiger partial charge in [0.2, 0.25) is 5.91 Å². The van der Waals surface area contributed by atoms with Crippen molar-refractivity contribution in [1.82, 2.24) is 15.1 Å². The summed E-state index contributed by atoms with van der Waals surface area (Å²) in [5, 5.41) is 3.08. The van der Waals surface area contributed by atoms with Crippen LogP contribution in [0, 0.1) is 0 Å². The third-order valence-corrected chi connectivity index (χ3v) is 5.19. The molecule has 0 bridgehead atoms. The smallest absolute Gasteiger partial charge is 0.318 e. The van der Waals surface area contributed by atoms with E-state index in [2.05, 4.69) is 19.2 Å². The van der Waals surface area contributed by atoms with Gasteiger partial charge in [-0.25, -0.2) is 4.79 Å². The van der Waals surface area contributed by atoms with Gasteiger partial charge in [-0.1, -0.05) is 30.3 Å². The summed E-state index contributed by atoms with van der Waals surface area (Å²) in [5.74, 6) is 0.115.